The number of hydrogen-bond acceptors (Lipinski definition) is 2. The van der Waals surface area contributed by atoms with Crippen LogP contribution in [0, 0.1) is 0 Å². The maximum Gasteiger partial charge on any atom is 0.150 e. The van der Waals surface area contributed by atoms with Crippen LogP contribution in [0.2, 0.25) is 0 Å². The molecule has 0 spiro atoms. The van der Waals surface area contributed by atoms with Crippen LogP contribution < -0.4 is 0 Å². The van der Waals surface area contributed by atoms with Gasteiger partial charge in [0, 0.05) is 6.42 Å². The summed E-state index contributed by atoms with van der Waals surface area (Å²) in [6, 6.07) is 10.5. The molecule has 1 heterocycles. The van der Waals surface area contributed by atoms with Crippen molar-refractivity contribution in [2.24, 2.45) is 5.16 Å². The third-order valence-electron chi connectivity index (χ3n) is 2.79. The third kappa shape index (κ3) is 2.96. The van der Waals surface area contributed by atoms with E-state index in [0.717, 1.165) is 25.7 Å². The number of benzene rings is 1. The van der Waals surface area contributed by atoms with Gasteiger partial charge in [0.15, 0.2) is 6.10 Å². The van der Waals surface area contributed by atoms with Crippen LogP contribution in [-0.2, 0) is 11.3 Å². The molecule has 0 radical (unpaired) electrons. The minimum atomic E-state index is 0.103. The molecule has 16 heavy (non-hydrogen) atoms. The van der Waals surface area contributed by atoms with E-state index < -0.39 is 0 Å². The highest BCUT2D eigenvalue weighted by atomic mass is 16.6. The Morgan fingerprint density at radius 1 is 1.31 bits per heavy atom. The van der Waals surface area contributed by atoms with Crippen molar-refractivity contribution in [3.05, 3.63) is 48.6 Å². The molecular weight excluding hydrogens is 198 g/mol. The van der Waals surface area contributed by atoms with Gasteiger partial charge in [-0.15, -0.1) is 0 Å². The van der Waals surface area contributed by atoms with Gasteiger partial charge in [0.1, 0.15) is 0 Å². The third-order valence-corrected chi connectivity index (χ3v) is 2.79. The molecule has 0 saturated heterocycles. The van der Waals surface area contributed by atoms with Gasteiger partial charge >= 0.3 is 0 Å². The monoisotopic (exact) mass is 215 g/mol. The molecule has 2 rings (SSSR count). The van der Waals surface area contributed by atoms with Gasteiger partial charge < -0.3 is 4.84 Å². The predicted octanol–water partition coefficient (Wildman–Crippen LogP) is 3.34. The Labute approximate surface area is 96.6 Å². The quantitative estimate of drug-likeness (QED) is 0.690. The molecule has 1 unspecified atom stereocenters. The van der Waals surface area contributed by atoms with E-state index in [4.69, 9.17) is 4.84 Å². The Kier molecular flexibility index (Phi) is 3.76. The van der Waals surface area contributed by atoms with E-state index in [2.05, 4.69) is 36.0 Å². The first-order valence-corrected chi connectivity index (χ1v) is 5.76. The van der Waals surface area contributed by atoms with Crippen LogP contribution in [0.3, 0.4) is 0 Å². The van der Waals surface area contributed by atoms with Gasteiger partial charge in [0.2, 0.25) is 0 Å². The van der Waals surface area contributed by atoms with Crippen LogP contribution in [-0.4, -0.2) is 11.8 Å². The minimum absolute atomic E-state index is 0.103. The van der Waals surface area contributed by atoms with Gasteiger partial charge in [-0.2, -0.15) is 0 Å². The van der Waals surface area contributed by atoms with Crippen LogP contribution in [0.4, 0.5) is 0 Å². The fraction of sp³-hybridized carbons (Fsp3) is 0.357. The van der Waals surface area contributed by atoms with Crippen LogP contribution in [0.15, 0.2) is 48.1 Å². The summed E-state index contributed by atoms with van der Waals surface area (Å²) in [6.07, 6.45) is 6.10. The van der Waals surface area contributed by atoms with Crippen LogP contribution in [0.5, 0.6) is 0 Å². The highest BCUT2D eigenvalue weighted by Crippen LogP contribution is 2.15. The fourth-order valence-electron chi connectivity index (χ4n) is 1.86. The summed E-state index contributed by atoms with van der Waals surface area (Å²) in [4.78, 5) is 5.19. The molecule has 0 saturated carbocycles. The molecule has 0 bridgehead atoms. The highest BCUT2D eigenvalue weighted by Gasteiger charge is 2.16. The number of nitrogens with zero attached hydrogens (tertiary/aromatic N) is 1. The fourth-order valence-corrected chi connectivity index (χ4v) is 1.86. The zero-order valence-corrected chi connectivity index (χ0v) is 9.43. The van der Waals surface area contributed by atoms with Gasteiger partial charge in [-0.1, -0.05) is 42.1 Å². The lowest BCUT2D eigenvalue weighted by atomic mass is 10.0. The number of aryl methyl sites for hydroxylation is 1. The van der Waals surface area contributed by atoms with E-state index in [1.807, 2.05) is 12.1 Å². The smallest absolute Gasteiger partial charge is 0.150 e. The first kappa shape index (κ1) is 10.9. The molecule has 1 aromatic carbocycles. The number of rotatable bonds is 5. The van der Waals surface area contributed by atoms with Crippen molar-refractivity contribution >= 4 is 5.71 Å². The molecule has 0 aromatic heterocycles. The lowest BCUT2D eigenvalue weighted by molar-refractivity contribution is 0.120. The predicted molar refractivity (Wildman–Crippen MR) is 66.5 cm³/mol. The van der Waals surface area contributed by atoms with Crippen molar-refractivity contribution in [1.29, 1.82) is 0 Å². The molecule has 0 aliphatic carbocycles. The van der Waals surface area contributed by atoms with Crippen LogP contribution in [0.25, 0.3) is 0 Å². The van der Waals surface area contributed by atoms with Crippen molar-refractivity contribution in [1.82, 2.24) is 0 Å². The lowest BCUT2D eigenvalue weighted by Gasteiger charge is -2.01. The van der Waals surface area contributed by atoms with E-state index in [1.165, 1.54) is 11.3 Å². The van der Waals surface area contributed by atoms with Crippen LogP contribution in [0.1, 0.15) is 24.8 Å². The highest BCUT2D eigenvalue weighted by molar-refractivity contribution is 5.85. The molecule has 0 N–H and O–H groups in total. The largest absolute Gasteiger partial charge is 0.388 e. The lowest BCUT2D eigenvalue weighted by Crippen LogP contribution is -2.03. The van der Waals surface area contributed by atoms with Crippen molar-refractivity contribution < 1.29 is 4.84 Å². The Hall–Kier alpha value is -1.57. The summed E-state index contributed by atoms with van der Waals surface area (Å²) in [5, 5.41) is 4.06. The molecule has 1 aromatic rings. The summed E-state index contributed by atoms with van der Waals surface area (Å²) in [6.45, 7) is 3.71. The Bertz CT molecular complexity index is 370. The van der Waals surface area contributed by atoms with Gasteiger partial charge in [-0.3, -0.25) is 0 Å². The molecule has 84 valence electrons. The van der Waals surface area contributed by atoms with E-state index in [0.29, 0.717) is 0 Å². The molecule has 2 heteroatoms. The van der Waals surface area contributed by atoms with Crippen LogP contribution >= 0.6 is 0 Å². The summed E-state index contributed by atoms with van der Waals surface area (Å²) in [5.74, 6) is 0. The van der Waals surface area contributed by atoms with E-state index in [1.54, 1.807) is 0 Å². The molecule has 1 aliphatic rings. The second-order valence-corrected chi connectivity index (χ2v) is 4.08. The van der Waals surface area contributed by atoms with Gasteiger partial charge in [0.25, 0.3) is 0 Å². The Morgan fingerprint density at radius 3 is 2.81 bits per heavy atom. The van der Waals surface area contributed by atoms with E-state index in [9.17, 15) is 0 Å². The zero-order chi connectivity index (χ0) is 11.2. The number of hydrogen-bond donors (Lipinski definition) is 0. The van der Waals surface area contributed by atoms with Crippen molar-refractivity contribution in [2.45, 2.75) is 31.8 Å². The second kappa shape index (κ2) is 5.50. The Balaban J connectivity index is 1.71. The molecular formula is C14H17NO. The second-order valence-electron chi connectivity index (χ2n) is 4.08. The maximum absolute atomic E-state index is 5.19. The first-order valence-electron chi connectivity index (χ1n) is 5.76. The summed E-state index contributed by atoms with van der Waals surface area (Å²) < 4.78 is 0. The summed E-state index contributed by atoms with van der Waals surface area (Å²) >= 11 is 0. The normalized spacial score (nSPS) is 19.0. The SMILES string of the molecule is C=CC1CC(CCCc2ccccc2)=NO1. The van der Waals surface area contributed by atoms with Crippen molar-refractivity contribution in [2.75, 3.05) is 0 Å². The topological polar surface area (TPSA) is 21.6 Å². The average molecular weight is 215 g/mol. The number of oxime groups is 1. The van der Waals surface area contributed by atoms with E-state index in [-0.39, 0.29) is 6.10 Å². The van der Waals surface area contributed by atoms with E-state index >= 15 is 0 Å². The summed E-state index contributed by atoms with van der Waals surface area (Å²) in [7, 11) is 0. The van der Waals surface area contributed by atoms with Gasteiger partial charge in [0.05, 0.1) is 5.71 Å². The average Bonchev–Trinajstić information content (AvgIpc) is 2.78. The minimum Gasteiger partial charge on any atom is -0.388 e. The van der Waals surface area contributed by atoms with Crippen molar-refractivity contribution in [3.63, 3.8) is 0 Å². The molecule has 0 fully saturated rings. The van der Waals surface area contributed by atoms with Gasteiger partial charge in [-0.25, -0.2) is 0 Å². The van der Waals surface area contributed by atoms with Crippen molar-refractivity contribution in [3.8, 4) is 0 Å². The summed E-state index contributed by atoms with van der Waals surface area (Å²) in [5.41, 5.74) is 2.56. The maximum atomic E-state index is 5.19. The van der Waals surface area contributed by atoms with Gasteiger partial charge in [-0.05, 0) is 30.9 Å². The zero-order valence-electron chi connectivity index (χ0n) is 9.43. The molecule has 1 atom stereocenters. The standard InChI is InChI=1S/C14H17NO/c1-2-14-11-13(15-16-14)10-6-9-12-7-4-3-5-8-12/h2-5,7-8,14H,1,6,9-11H2. The first-order chi connectivity index (χ1) is 7.88. The Morgan fingerprint density at radius 2 is 2.12 bits per heavy atom. The molecule has 2 nitrogen and oxygen atoms in total. The molecule has 1 aliphatic heterocycles. The molecule has 0 amide bonds.